The molecule has 5 nitrogen and oxygen atoms in total. The highest BCUT2D eigenvalue weighted by Gasteiger charge is 2.11. The Morgan fingerprint density at radius 3 is 2.68 bits per heavy atom. The smallest absolute Gasteiger partial charge is 0.276 e. The molecule has 1 amide bonds. The number of carbonyl (C=O) groups is 1. The Balaban J connectivity index is 1.63. The SMILES string of the molecule is Cc1cccc(NC(=O)c2ccn(COc3ccc(Cl)cc3)n2)c1C. The molecule has 0 aliphatic carbocycles. The fourth-order valence-electron chi connectivity index (χ4n) is 2.30. The van der Waals surface area contributed by atoms with E-state index in [9.17, 15) is 4.79 Å². The summed E-state index contributed by atoms with van der Waals surface area (Å²) in [6.07, 6.45) is 1.70. The molecule has 128 valence electrons. The van der Waals surface area contributed by atoms with Crippen LogP contribution in [0.4, 0.5) is 5.69 Å². The summed E-state index contributed by atoms with van der Waals surface area (Å²) in [7, 11) is 0. The Morgan fingerprint density at radius 1 is 1.16 bits per heavy atom. The Kier molecular flexibility index (Phi) is 5.05. The van der Waals surface area contributed by atoms with Crippen LogP contribution in [0.3, 0.4) is 0 Å². The monoisotopic (exact) mass is 355 g/mol. The minimum Gasteiger partial charge on any atom is -0.471 e. The lowest BCUT2D eigenvalue weighted by Gasteiger charge is -2.09. The molecule has 1 heterocycles. The Hall–Kier alpha value is -2.79. The quantitative estimate of drug-likeness (QED) is 0.736. The first-order valence-electron chi connectivity index (χ1n) is 7.82. The fourth-order valence-corrected chi connectivity index (χ4v) is 2.43. The minimum absolute atomic E-state index is 0.207. The lowest BCUT2D eigenvalue weighted by atomic mass is 10.1. The topological polar surface area (TPSA) is 56.2 Å². The van der Waals surface area contributed by atoms with Gasteiger partial charge in [-0.05, 0) is 61.4 Å². The number of halogens is 1. The minimum atomic E-state index is -0.251. The summed E-state index contributed by atoms with van der Waals surface area (Å²) in [6.45, 7) is 4.19. The number of benzene rings is 2. The lowest BCUT2D eigenvalue weighted by molar-refractivity contribution is 0.102. The van der Waals surface area contributed by atoms with Crippen molar-refractivity contribution in [3.8, 4) is 5.75 Å². The molecule has 0 aliphatic heterocycles. The Morgan fingerprint density at radius 2 is 1.92 bits per heavy atom. The molecule has 0 saturated heterocycles. The molecule has 0 aliphatic rings. The third-order valence-corrected chi connectivity index (χ3v) is 4.16. The number of rotatable bonds is 5. The zero-order valence-corrected chi connectivity index (χ0v) is 14.7. The summed E-state index contributed by atoms with van der Waals surface area (Å²) in [5.41, 5.74) is 3.29. The maximum Gasteiger partial charge on any atom is 0.276 e. The molecular weight excluding hydrogens is 338 g/mol. The van der Waals surface area contributed by atoms with E-state index in [0.717, 1.165) is 16.8 Å². The van der Waals surface area contributed by atoms with Gasteiger partial charge in [-0.25, -0.2) is 4.68 Å². The number of nitrogens with zero attached hydrogens (tertiary/aromatic N) is 2. The van der Waals surface area contributed by atoms with Gasteiger partial charge in [-0.3, -0.25) is 4.79 Å². The number of ether oxygens (including phenoxy) is 1. The first-order valence-corrected chi connectivity index (χ1v) is 8.20. The van der Waals surface area contributed by atoms with Crippen molar-refractivity contribution in [2.24, 2.45) is 0 Å². The van der Waals surface area contributed by atoms with Gasteiger partial charge in [0, 0.05) is 16.9 Å². The predicted molar refractivity (Wildman–Crippen MR) is 98.2 cm³/mol. The van der Waals surface area contributed by atoms with Gasteiger partial charge in [0.2, 0.25) is 0 Å². The van der Waals surface area contributed by atoms with E-state index >= 15 is 0 Å². The van der Waals surface area contributed by atoms with Crippen LogP contribution in [0, 0.1) is 13.8 Å². The van der Waals surface area contributed by atoms with Crippen molar-refractivity contribution in [3.05, 3.63) is 76.6 Å². The largest absolute Gasteiger partial charge is 0.471 e. The summed E-state index contributed by atoms with van der Waals surface area (Å²) < 4.78 is 7.17. The summed E-state index contributed by atoms with van der Waals surface area (Å²) in [4.78, 5) is 12.4. The Labute approximate surface area is 151 Å². The number of aryl methyl sites for hydroxylation is 1. The van der Waals surface area contributed by atoms with E-state index in [1.165, 1.54) is 0 Å². The second-order valence-corrected chi connectivity index (χ2v) is 6.11. The third-order valence-electron chi connectivity index (χ3n) is 3.90. The highest BCUT2D eigenvalue weighted by molar-refractivity contribution is 6.30. The summed E-state index contributed by atoms with van der Waals surface area (Å²) in [5.74, 6) is 0.431. The first-order chi connectivity index (χ1) is 12.0. The van der Waals surface area contributed by atoms with E-state index in [-0.39, 0.29) is 12.6 Å². The van der Waals surface area contributed by atoms with Crippen LogP contribution in [-0.2, 0) is 6.73 Å². The number of hydrogen-bond acceptors (Lipinski definition) is 3. The van der Waals surface area contributed by atoms with Gasteiger partial charge >= 0.3 is 0 Å². The van der Waals surface area contributed by atoms with E-state index in [2.05, 4.69) is 10.4 Å². The second kappa shape index (κ2) is 7.40. The number of hydrogen-bond donors (Lipinski definition) is 1. The molecule has 3 rings (SSSR count). The maximum atomic E-state index is 12.4. The van der Waals surface area contributed by atoms with Crippen molar-refractivity contribution in [2.45, 2.75) is 20.6 Å². The van der Waals surface area contributed by atoms with Crippen LogP contribution in [0.1, 0.15) is 21.6 Å². The van der Waals surface area contributed by atoms with Gasteiger partial charge in [-0.15, -0.1) is 0 Å². The average Bonchev–Trinajstić information content (AvgIpc) is 3.08. The molecule has 0 saturated carbocycles. The van der Waals surface area contributed by atoms with E-state index in [1.807, 2.05) is 32.0 Å². The van der Waals surface area contributed by atoms with Crippen molar-refractivity contribution in [3.63, 3.8) is 0 Å². The zero-order chi connectivity index (χ0) is 17.8. The highest BCUT2D eigenvalue weighted by atomic mass is 35.5. The van der Waals surface area contributed by atoms with E-state index < -0.39 is 0 Å². The van der Waals surface area contributed by atoms with E-state index in [0.29, 0.717) is 16.5 Å². The van der Waals surface area contributed by atoms with Crippen LogP contribution in [-0.4, -0.2) is 15.7 Å². The van der Waals surface area contributed by atoms with E-state index in [1.54, 1.807) is 41.2 Å². The van der Waals surface area contributed by atoms with Crippen LogP contribution in [0.25, 0.3) is 0 Å². The van der Waals surface area contributed by atoms with Gasteiger partial charge in [-0.1, -0.05) is 23.7 Å². The molecule has 0 unspecified atom stereocenters. The Bertz CT molecular complexity index is 888. The van der Waals surface area contributed by atoms with Gasteiger partial charge in [0.1, 0.15) is 5.75 Å². The molecule has 25 heavy (non-hydrogen) atoms. The number of amides is 1. The zero-order valence-electron chi connectivity index (χ0n) is 14.0. The third kappa shape index (κ3) is 4.19. The van der Waals surface area contributed by atoms with Crippen molar-refractivity contribution < 1.29 is 9.53 Å². The van der Waals surface area contributed by atoms with Gasteiger partial charge in [0.25, 0.3) is 5.91 Å². The summed E-state index contributed by atoms with van der Waals surface area (Å²) >= 11 is 5.84. The molecule has 0 fully saturated rings. The van der Waals surface area contributed by atoms with Crippen molar-refractivity contribution in [1.29, 1.82) is 0 Å². The molecule has 3 aromatic rings. The normalized spacial score (nSPS) is 10.5. The predicted octanol–water partition coefficient (Wildman–Crippen LogP) is 4.44. The molecular formula is C19H18ClN3O2. The van der Waals surface area contributed by atoms with Crippen molar-refractivity contribution in [2.75, 3.05) is 5.32 Å². The molecule has 0 bridgehead atoms. The molecule has 0 radical (unpaired) electrons. The molecule has 2 aromatic carbocycles. The maximum absolute atomic E-state index is 12.4. The van der Waals surface area contributed by atoms with Gasteiger partial charge in [-0.2, -0.15) is 5.10 Å². The molecule has 1 N–H and O–H groups in total. The van der Waals surface area contributed by atoms with Crippen molar-refractivity contribution >= 4 is 23.2 Å². The van der Waals surface area contributed by atoms with Gasteiger partial charge in [0.05, 0.1) is 0 Å². The first kappa shape index (κ1) is 17.0. The number of nitrogens with one attached hydrogen (secondary N) is 1. The lowest BCUT2D eigenvalue weighted by Crippen LogP contribution is -2.15. The van der Waals surface area contributed by atoms with Crippen LogP contribution < -0.4 is 10.1 Å². The van der Waals surface area contributed by atoms with Gasteiger partial charge < -0.3 is 10.1 Å². The molecule has 6 heteroatoms. The fraction of sp³-hybridized carbons (Fsp3) is 0.158. The summed E-state index contributed by atoms with van der Waals surface area (Å²) in [5, 5.41) is 7.78. The van der Waals surface area contributed by atoms with Gasteiger partial charge in [0.15, 0.2) is 12.4 Å². The molecule has 1 aromatic heterocycles. The van der Waals surface area contributed by atoms with Crippen LogP contribution >= 0.6 is 11.6 Å². The molecule has 0 atom stereocenters. The standard InChI is InChI=1S/C19H18ClN3O2/c1-13-4-3-5-17(14(13)2)21-19(24)18-10-11-23(22-18)12-25-16-8-6-15(20)7-9-16/h3-11H,12H2,1-2H3,(H,21,24). The number of anilines is 1. The summed E-state index contributed by atoms with van der Waals surface area (Å²) in [6, 6.07) is 14.5. The highest BCUT2D eigenvalue weighted by Crippen LogP contribution is 2.19. The number of carbonyl (C=O) groups excluding carboxylic acids is 1. The second-order valence-electron chi connectivity index (χ2n) is 5.67. The number of aromatic nitrogens is 2. The van der Waals surface area contributed by atoms with Crippen LogP contribution in [0.2, 0.25) is 5.02 Å². The molecule has 0 spiro atoms. The average molecular weight is 356 g/mol. The van der Waals surface area contributed by atoms with Crippen LogP contribution in [0.15, 0.2) is 54.7 Å². The van der Waals surface area contributed by atoms with E-state index in [4.69, 9.17) is 16.3 Å². The van der Waals surface area contributed by atoms with Crippen LogP contribution in [0.5, 0.6) is 5.75 Å². The van der Waals surface area contributed by atoms with Crippen molar-refractivity contribution in [1.82, 2.24) is 9.78 Å².